The van der Waals surface area contributed by atoms with Gasteiger partial charge < -0.3 is 9.22 Å². The van der Waals surface area contributed by atoms with Crippen molar-refractivity contribution in [3.8, 4) is 0 Å². The fraction of sp³-hybridized carbons (Fsp3) is 0.909. The lowest BCUT2D eigenvalue weighted by atomic mass is 10.2. The van der Waals surface area contributed by atoms with Crippen LogP contribution in [0, 0.1) is 5.41 Å². The Hall–Kier alpha value is -0.570. The zero-order valence-electron chi connectivity index (χ0n) is 9.51. The molecule has 0 aromatic rings. The van der Waals surface area contributed by atoms with Gasteiger partial charge in [0.1, 0.15) is 0 Å². The molecule has 0 aromatic carbocycles. The van der Waals surface area contributed by atoms with E-state index in [-0.39, 0.29) is 0 Å². The van der Waals surface area contributed by atoms with Crippen LogP contribution in [-0.4, -0.2) is 43.7 Å². The number of rotatable bonds is 5. The summed E-state index contributed by atoms with van der Waals surface area (Å²) >= 11 is 0. The van der Waals surface area contributed by atoms with Crippen LogP contribution < -0.4 is 0 Å². The fourth-order valence-electron chi connectivity index (χ4n) is 2.19. The van der Waals surface area contributed by atoms with Gasteiger partial charge in [0.15, 0.2) is 5.90 Å². The van der Waals surface area contributed by atoms with Crippen LogP contribution in [0.5, 0.6) is 0 Å². The Bertz CT molecular complexity index is 186. The van der Waals surface area contributed by atoms with Gasteiger partial charge in [-0.25, -0.2) is 0 Å². The third-order valence-corrected chi connectivity index (χ3v) is 3.07. The number of hydrogen-bond donors (Lipinski definition) is 1. The average Bonchev–Trinajstić information content (AvgIpc) is 2.53. The Labute approximate surface area is 87.2 Å². The molecule has 0 radical (unpaired) electrons. The molecule has 0 unspecified atom stereocenters. The normalized spacial score (nSPS) is 19.6. The van der Waals surface area contributed by atoms with Crippen LogP contribution in [0.2, 0.25) is 0 Å². The molecule has 0 spiro atoms. The Morgan fingerprint density at radius 1 is 1.36 bits per heavy atom. The second kappa shape index (κ2) is 5.35. The summed E-state index contributed by atoms with van der Waals surface area (Å²) in [6.45, 7) is 6.41. The molecular formula is C11H23N2O+. The molecule has 1 saturated heterocycles. The van der Waals surface area contributed by atoms with Crippen LogP contribution in [0.25, 0.3) is 0 Å². The Morgan fingerprint density at radius 3 is 2.57 bits per heavy atom. The van der Waals surface area contributed by atoms with Crippen LogP contribution in [0.1, 0.15) is 32.6 Å². The maximum absolute atomic E-state index is 7.50. The van der Waals surface area contributed by atoms with E-state index in [1.54, 1.807) is 0 Å². The number of nitrogens with one attached hydrogen (secondary N) is 1. The first-order valence-electron chi connectivity index (χ1n) is 5.70. The molecule has 1 N–H and O–H groups in total. The van der Waals surface area contributed by atoms with Crippen molar-refractivity contribution in [3.63, 3.8) is 0 Å². The fourth-order valence-corrected chi connectivity index (χ4v) is 2.19. The molecule has 0 aromatic heterocycles. The molecule has 1 heterocycles. The summed E-state index contributed by atoms with van der Waals surface area (Å²) < 4.78 is 6.32. The van der Waals surface area contributed by atoms with Crippen molar-refractivity contribution in [1.82, 2.24) is 0 Å². The summed E-state index contributed by atoms with van der Waals surface area (Å²) in [5.74, 6) is 0.457. The number of quaternary nitrogens is 1. The summed E-state index contributed by atoms with van der Waals surface area (Å²) in [5.41, 5.74) is 0. The van der Waals surface area contributed by atoms with Gasteiger partial charge in [0, 0.05) is 25.7 Å². The molecular weight excluding hydrogens is 176 g/mol. The van der Waals surface area contributed by atoms with Crippen molar-refractivity contribution in [2.75, 3.05) is 33.3 Å². The van der Waals surface area contributed by atoms with Crippen LogP contribution >= 0.6 is 0 Å². The molecule has 1 aliphatic heterocycles. The minimum Gasteiger partial charge on any atom is -0.481 e. The molecule has 0 amide bonds. The quantitative estimate of drug-likeness (QED) is 0.410. The van der Waals surface area contributed by atoms with Crippen molar-refractivity contribution in [2.45, 2.75) is 32.6 Å². The summed E-state index contributed by atoms with van der Waals surface area (Å²) in [7, 11) is 2.33. The smallest absolute Gasteiger partial charge is 0.180 e. The highest BCUT2D eigenvalue weighted by Gasteiger charge is 2.25. The zero-order chi connectivity index (χ0) is 10.4. The molecule has 3 heteroatoms. The molecule has 0 bridgehead atoms. The van der Waals surface area contributed by atoms with Gasteiger partial charge in [-0.2, -0.15) is 0 Å². The largest absolute Gasteiger partial charge is 0.481 e. The van der Waals surface area contributed by atoms with E-state index in [9.17, 15) is 0 Å². The third-order valence-electron chi connectivity index (χ3n) is 3.07. The monoisotopic (exact) mass is 199 g/mol. The second-order valence-corrected chi connectivity index (χ2v) is 4.46. The van der Waals surface area contributed by atoms with E-state index in [1.807, 2.05) is 6.92 Å². The molecule has 1 rings (SSSR count). The lowest BCUT2D eigenvalue weighted by Crippen LogP contribution is -2.41. The highest BCUT2D eigenvalue weighted by molar-refractivity contribution is 5.72. The highest BCUT2D eigenvalue weighted by Crippen LogP contribution is 2.17. The number of likely N-dealkylation sites (tertiary alicyclic amines) is 1. The van der Waals surface area contributed by atoms with Gasteiger partial charge in [-0.1, -0.05) is 0 Å². The summed E-state index contributed by atoms with van der Waals surface area (Å²) in [6, 6.07) is 0. The van der Waals surface area contributed by atoms with Crippen LogP contribution in [0.3, 0.4) is 0 Å². The predicted octanol–water partition coefficient (Wildman–Crippen LogP) is 2.02. The second-order valence-electron chi connectivity index (χ2n) is 4.46. The number of hydrogen-bond acceptors (Lipinski definition) is 2. The van der Waals surface area contributed by atoms with E-state index in [0.717, 1.165) is 12.8 Å². The molecule has 0 atom stereocenters. The molecule has 0 aliphatic carbocycles. The Morgan fingerprint density at radius 2 is 2.00 bits per heavy atom. The van der Waals surface area contributed by atoms with Gasteiger partial charge in [0.2, 0.25) is 0 Å². The van der Waals surface area contributed by atoms with Crippen molar-refractivity contribution < 1.29 is 9.22 Å². The lowest BCUT2D eigenvalue weighted by Gasteiger charge is -2.29. The van der Waals surface area contributed by atoms with E-state index in [2.05, 4.69) is 7.05 Å². The maximum Gasteiger partial charge on any atom is 0.180 e. The number of ether oxygens (including phenoxy) is 1. The van der Waals surface area contributed by atoms with Crippen LogP contribution in [0.4, 0.5) is 0 Å². The number of nitrogens with zero attached hydrogens (tertiary/aromatic N) is 1. The van der Waals surface area contributed by atoms with Crippen LogP contribution in [-0.2, 0) is 4.74 Å². The van der Waals surface area contributed by atoms with E-state index in [1.165, 1.54) is 37.0 Å². The van der Waals surface area contributed by atoms with Gasteiger partial charge in [-0.15, -0.1) is 0 Å². The first-order valence-corrected chi connectivity index (χ1v) is 5.70. The minimum absolute atomic E-state index is 0.457. The first kappa shape index (κ1) is 11.5. The standard InChI is InChI=1S/C11H23N2O/c1-3-14-11(12)7-6-10-13(2)8-4-5-9-13/h12H,3-10H2,1-2H3/q+1. The summed E-state index contributed by atoms with van der Waals surface area (Å²) in [5, 5.41) is 7.50. The summed E-state index contributed by atoms with van der Waals surface area (Å²) in [4.78, 5) is 0. The molecule has 1 aliphatic rings. The molecule has 0 saturated carbocycles. The Balaban J connectivity index is 2.11. The predicted molar refractivity (Wildman–Crippen MR) is 58.6 cm³/mol. The SMILES string of the molecule is CCOC(=N)CCC[N+]1(C)CCCC1. The Kier molecular flexibility index (Phi) is 4.39. The van der Waals surface area contributed by atoms with Crippen molar-refractivity contribution >= 4 is 5.90 Å². The maximum atomic E-state index is 7.50. The van der Waals surface area contributed by atoms with Gasteiger partial charge >= 0.3 is 0 Å². The van der Waals surface area contributed by atoms with Crippen molar-refractivity contribution in [1.29, 1.82) is 5.41 Å². The average molecular weight is 199 g/mol. The molecule has 3 nitrogen and oxygen atoms in total. The zero-order valence-corrected chi connectivity index (χ0v) is 9.51. The van der Waals surface area contributed by atoms with Crippen LogP contribution in [0.15, 0.2) is 0 Å². The van der Waals surface area contributed by atoms with Crippen molar-refractivity contribution in [3.05, 3.63) is 0 Å². The first-order chi connectivity index (χ1) is 6.66. The van der Waals surface area contributed by atoms with E-state index in [0.29, 0.717) is 12.5 Å². The lowest BCUT2D eigenvalue weighted by molar-refractivity contribution is -0.897. The third kappa shape index (κ3) is 3.66. The van der Waals surface area contributed by atoms with E-state index >= 15 is 0 Å². The van der Waals surface area contributed by atoms with Crippen molar-refractivity contribution in [2.24, 2.45) is 0 Å². The minimum atomic E-state index is 0.457. The molecule has 14 heavy (non-hydrogen) atoms. The van der Waals surface area contributed by atoms with Gasteiger partial charge in [-0.05, 0) is 6.92 Å². The topological polar surface area (TPSA) is 33.1 Å². The van der Waals surface area contributed by atoms with Gasteiger partial charge in [0.05, 0.1) is 33.3 Å². The van der Waals surface area contributed by atoms with Gasteiger partial charge in [0.25, 0.3) is 0 Å². The molecule has 1 fully saturated rings. The van der Waals surface area contributed by atoms with Gasteiger partial charge in [-0.3, -0.25) is 5.41 Å². The van der Waals surface area contributed by atoms with E-state index < -0.39 is 0 Å². The highest BCUT2D eigenvalue weighted by atomic mass is 16.5. The van der Waals surface area contributed by atoms with E-state index in [4.69, 9.17) is 10.1 Å². The molecule has 82 valence electrons. The summed E-state index contributed by atoms with van der Waals surface area (Å²) in [6.07, 6.45) is 4.65.